The first kappa shape index (κ1) is 14.4. The van der Waals surface area contributed by atoms with E-state index in [1.165, 1.54) is 0 Å². The van der Waals surface area contributed by atoms with Gasteiger partial charge in [-0.05, 0) is 27.2 Å². The van der Waals surface area contributed by atoms with Crippen molar-refractivity contribution in [1.82, 2.24) is 5.32 Å². The summed E-state index contributed by atoms with van der Waals surface area (Å²) in [7, 11) is -3.04. The van der Waals surface area contributed by atoms with Crippen molar-refractivity contribution in [2.45, 2.75) is 32.7 Å². The molecule has 1 aliphatic rings. The third-order valence-corrected chi connectivity index (χ3v) is 5.52. The number of carbonyl (C=O) groups is 1. The number of amides is 1. The van der Waals surface area contributed by atoms with E-state index in [0.29, 0.717) is 6.42 Å². The van der Waals surface area contributed by atoms with E-state index in [2.05, 4.69) is 5.32 Å². The van der Waals surface area contributed by atoms with E-state index >= 15 is 0 Å². The summed E-state index contributed by atoms with van der Waals surface area (Å²) in [6.45, 7) is 4.97. The molecule has 0 aromatic heterocycles. The van der Waals surface area contributed by atoms with Gasteiger partial charge in [-0.1, -0.05) is 12.2 Å². The van der Waals surface area contributed by atoms with Crippen molar-refractivity contribution < 1.29 is 13.2 Å². The van der Waals surface area contributed by atoms with Crippen LogP contribution in [0.5, 0.6) is 0 Å². The number of thiocarbonyl (C=S) groups is 1. The molecule has 1 heterocycles. The quantitative estimate of drug-likeness (QED) is 0.709. The molecule has 1 saturated heterocycles. The number of hydrogen-bond donors (Lipinski definition) is 2. The molecule has 0 radical (unpaired) electrons. The molecule has 0 saturated carbocycles. The van der Waals surface area contributed by atoms with Crippen molar-refractivity contribution in [2.24, 2.45) is 11.1 Å². The van der Waals surface area contributed by atoms with Gasteiger partial charge < -0.3 is 11.1 Å². The standard InChI is InChI=1S/C10H18N2O3S2/c1-9(2,7(11)16)8(13)12-10(3)4-5-17(14,15)6-10/h4-6H2,1-3H3,(H2,11,16)(H,12,13). The minimum absolute atomic E-state index is 0.0286. The topological polar surface area (TPSA) is 89.3 Å². The van der Waals surface area contributed by atoms with E-state index in [1.54, 1.807) is 20.8 Å². The second-order valence-corrected chi connectivity index (χ2v) is 7.97. The number of nitrogens with one attached hydrogen (secondary N) is 1. The zero-order chi connectivity index (χ0) is 13.5. The van der Waals surface area contributed by atoms with Crippen LogP contribution in [-0.2, 0) is 14.6 Å². The van der Waals surface area contributed by atoms with Crippen LogP contribution in [0.15, 0.2) is 0 Å². The van der Waals surface area contributed by atoms with Crippen LogP contribution in [0.25, 0.3) is 0 Å². The molecule has 0 bridgehead atoms. The molecule has 0 aliphatic carbocycles. The van der Waals surface area contributed by atoms with Crippen molar-refractivity contribution in [3.63, 3.8) is 0 Å². The maximum absolute atomic E-state index is 12.0. The molecule has 0 aromatic carbocycles. The van der Waals surface area contributed by atoms with E-state index in [1.807, 2.05) is 0 Å². The molecule has 17 heavy (non-hydrogen) atoms. The number of carbonyl (C=O) groups excluding carboxylic acids is 1. The van der Waals surface area contributed by atoms with Gasteiger partial charge in [-0.25, -0.2) is 8.42 Å². The van der Waals surface area contributed by atoms with E-state index in [9.17, 15) is 13.2 Å². The highest BCUT2D eigenvalue weighted by molar-refractivity contribution is 7.91. The Morgan fingerprint density at radius 3 is 2.35 bits per heavy atom. The first-order chi connectivity index (χ1) is 7.49. The molecule has 0 aromatic rings. The zero-order valence-electron chi connectivity index (χ0n) is 10.2. The Labute approximate surface area is 107 Å². The first-order valence-electron chi connectivity index (χ1n) is 5.31. The molecule has 98 valence electrons. The van der Waals surface area contributed by atoms with E-state index in [-0.39, 0.29) is 22.4 Å². The van der Waals surface area contributed by atoms with Crippen LogP contribution in [0, 0.1) is 5.41 Å². The Balaban J connectivity index is 2.80. The molecule has 7 heteroatoms. The summed E-state index contributed by atoms with van der Waals surface area (Å²) >= 11 is 4.83. The van der Waals surface area contributed by atoms with E-state index < -0.39 is 20.8 Å². The lowest BCUT2D eigenvalue weighted by molar-refractivity contribution is -0.127. The highest BCUT2D eigenvalue weighted by Gasteiger charge is 2.42. The molecule has 5 nitrogen and oxygen atoms in total. The predicted molar refractivity (Wildman–Crippen MR) is 70.4 cm³/mol. The fraction of sp³-hybridized carbons (Fsp3) is 0.800. The molecule has 1 rings (SSSR count). The lowest BCUT2D eigenvalue weighted by atomic mass is 9.90. The van der Waals surface area contributed by atoms with Crippen molar-refractivity contribution in [3.8, 4) is 0 Å². The molecule has 1 amide bonds. The monoisotopic (exact) mass is 278 g/mol. The second kappa shape index (κ2) is 4.20. The summed E-state index contributed by atoms with van der Waals surface area (Å²) < 4.78 is 22.8. The molecule has 1 unspecified atom stereocenters. The van der Waals surface area contributed by atoms with Crippen molar-refractivity contribution >= 4 is 33.0 Å². The van der Waals surface area contributed by atoms with Gasteiger partial charge in [-0.3, -0.25) is 4.79 Å². The Morgan fingerprint density at radius 1 is 1.47 bits per heavy atom. The maximum atomic E-state index is 12.0. The maximum Gasteiger partial charge on any atom is 0.232 e. The third-order valence-electron chi connectivity index (χ3n) is 3.10. The van der Waals surface area contributed by atoms with Gasteiger partial charge in [-0.2, -0.15) is 0 Å². The van der Waals surface area contributed by atoms with Crippen LogP contribution in [0.1, 0.15) is 27.2 Å². The number of nitrogens with two attached hydrogens (primary N) is 1. The highest BCUT2D eigenvalue weighted by atomic mass is 32.2. The fourth-order valence-corrected chi connectivity index (χ4v) is 3.84. The molecule has 1 aliphatic heterocycles. The zero-order valence-corrected chi connectivity index (χ0v) is 11.9. The van der Waals surface area contributed by atoms with Gasteiger partial charge in [0.2, 0.25) is 5.91 Å². The second-order valence-electron chi connectivity index (χ2n) is 5.35. The predicted octanol–water partition coefficient (Wildman–Crippen LogP) is -0.00790. The average Bonchev–Trinajstić information content (AvgIpc) is 2.39. The van der Waals surface area contributed by atoms with Gasteiger partial charge >= 0.3 is 0 Å². The molecule has 0 spiro atoms. The summed E-state index contributed by atoms with van der Waals surface area (Å²) in [6, 6.07) is 0. The number of rotatable bonds is 3. The Morgan fingerprint density at radius 2 is 2.00 bits per heavy atom. The molecule has 1 fully saturated rings. The molecular weight excluding hydrogens is 260 g/mol. The highest BCUT2D eigenvalue weighted by Crippen LogP contribution is 2.25. The fourth-order valence-electron chi connectivity index (χ4n) is 1.65. The van der Waals surface area contributed by atoms with Gasteiger partial charge in [0.1, 0.15) is 0 Å². The van der Waals surface area contributed by atoms with Crippen LogP contribution in [0.2, 0.25) is 0 Å². The first-order valence-corrected chi connectivity index (χ1v) is 7.54. The average molecular weight is 278 g/mol. The summed E-state index contributed by atoms with van der Waals surface area (Å²) in [5.41, 5.74) is 3.82. The normalized spacial score (nSPS) is 27.7. The number of sulfone groups is 1. The van der Waals surface area contributed by atoms with Crippen molar-refractivity contribution in [1.29, 1.82) is 0 Å². The molecular formula is C10H18N2O3S2. The SMILES string of the molecule is CC1(NC(=O)C(C)(C)C(N)=S)CCS(=O)(=O)C1. The minimum atomic E-state index is -3.04. The van der Waals surface area contributed by atoms with Crippen LogP contribution in [0.4, 0.5) is 0 Å². The summed E-state index contributed by atoms with van der Waals surface area (Å²) in [5.74, 6) is -0.249. The van der Waals surface area contributed by atoms with Gasteiger partial charge in [0.05, 0.1) is 27.4 Å². The van der Waals surface area contributed by atoms with Crippen LogP contribution in [-0.4, -0.2) is 36.4 Å². The summed E-state index contributed by atoms with van der Waals surface area (Å²) in [4.78, 5) is 12.1. The van der Waals surface area contributed by atoms with Gasteiger partial charge in [0.25, 0.3) is 0 Å². The van der Waals surface area contributed by atoms with Gasteiger partial charge in [0, 0.05) is 0 Å². The smallest absolute Gasteiger partial charge is 0.232 e. The number of hydrogen-bond acceptors (Lipinski definition) is 4. The molecule has 3 N–H and O–H groups in total. The Bertz CT molecular complexity index is 456. The summed E-state index contributed by atoms with van der Waals surface area (Å²) in [6.07, 6.45) is 0.425. The van der Waals surface area contributed by atoms with Gasteiger partial charge in [-0.15, -0.1) is 0 Å². The Hall–Kier alpha value is -0.690. The van der Waals surface area contributed by atoms with Crippen LogP contribution < -0.4 is 11.1 Å². The van der Waals surface area contributed by atoms with Crippen molar-refractivity contribution in [3.05, 3.63) is 0 Å². The summed E-state index contributed by atoms with van der Waals surface area (Å²) in [5, 5.41) is 2.75. The molecule has 1 atom stereocenters. The van der Waals surface area contributed by atoms with Crippen LogP contribution in [0.3, 0.4) is 0 Å². The lowest BCUT2D eigenvalue weighted by Gasteiger charge is -2.30. The van der Waals surface area contributed by atoms with Crippen molar-refractivity contribution in [2.75, 3.05) is 11.5 Å². The van der Waals surface area contributed by atoms with Crippen LogP contribution >= 0.6 is 12.2 Å². The Kier molecular flexibility index (Phi) is 3.55. The van der Waals surface area contributed by atoms with E-state index in [0.717, 1.165) is 0 Å². The van der Waals surface area contributed by atoms with E-state index in [4.69, 9.17) is 18.0 Å². The largest absolute Gasteiger partial charge is 0.392 e. The lowest BCUT2D eigenvalue weighted by Crippen LogP contribution is -2.54. The minimum Gasteiger partial charge on any atom is -0.392 e. The van der Waals surface area contributed by atoms with Gasteiger partial charge in [0.15, 0.2) is 9.84 Å². The third kappa shape index (κ3) is 3.16.